The summed E-state index contributed by atoms with van der Waals surface area (Å²) < 4.78 is 45.5. The summed E-state index contributed by atoms with van der Waals surface area (Å²) >= 11 is 0.830. The van der Waals surface area contributed by atoms with E-state index in [1.807, 2.05) is 35.2 Å². The highest BCUT2D eigenvalue weighted by molar-refractivity contribution is 7.22. The number of nitro benzene ring substituents is 1. The average Bonchev–Trinajstić information content (AvgIpc) is 3.34. The Morgan fingerprint density at radius 2 is 1.75 bits per heavy atom. The molecule has 0 N–H and O–H groups in total. The first-order valence-corrected chi connectivity index (χ1v) is 11.5. The molecule has 2 aromatic carbocycles. The molecule has 4 aromatic rings. The predicted octanol–water partition coefficient (Wildman–Crippen LogP) is 4.27. The van der Waals surface area contributed by atoms with Crippen LogP contribution in [-0.2, 0) is 6.18 Å². The Morgan fingerprint density at radius 1 is 1.08 bits per heavy atom. The number of nitrogens with zero attached hydrogens (tertiary/aromatic N) is 6. The first-order valence-electron chi connectivity index (χ1n) is 10.7. The van der Waals surface area contributed by atoms with Crippen molar-refractivity contribution >= 4 is 38.3 Å². The zero-order chi connectivity index (χ0) is 25.6. The molecule has 0 atom stereocenters. The van der Waals surface area contributed by atoms with Gasteiger partial charge in [0, 0.05) is 37.3 Å². The van der Waals surface area contributed by atoms with Crippen LogP contribution in [0.2, 0.25) is 0 Å². The molecular formula is C22H17F3N6O4S. The van der Waals surface area contributed by atoms with E-state index < -0.39 is 38.9 Å². The van der Waals surface area contributed by atoms with Gasteiger partial charge in [-0.2, -0.15) is 23.1 Å². The van der Waals surface area contributed by atoms with Gasteiger partial charge in [0.2, 0.25) is 5.82 Å². The lowest BCUT2D eigenvalue weighted by molar-refractivity contribution is -0.383. The minimum Gasteiger partial charge on any atom is -0.344 e. The molecule has 1 aliphatic rings. The topological polar surface area (TPSA) is 119 Å². The number of piperazine rings is 1. The van der Waals surface area contributed by atoms with Gasteiger partial charge in [-0.3, -0.25) is 14.9 Å². The Hall–Kier alpha value is -4.07. The van der Waals surface area contributed by atoms with Crippen LogP contribution in [0.5, 0.6) is 0 Å². The maximum atomic E-state index is 13.4. The van der Waals surface area contributed by atoms with Gasteiger partial charge in [-0.15, -0.1) is 0 Å². The van der Waals surface area contributed by atoms with E-state index in [4.69, 9.17) is 4.52 Å². The fourth-order valence-electron chi connectivity index (χ4n) is 4.05. The van der Waals surface area contributed by atoms with Gasteiger partial charge < -0.3 is 14.3 Å². The number of nitro groups is 1. The maximum Gasteiger partial charge on any atom is 0.416 e. The molecule has 186 valence electrons. The minimum absolute atomic E-state index is 0.132. The third kappa shape index (κ3) is 4.23. The molecule has 0 radical (unpaired) electrons. The van der Waals surface area contributed by atoms with Crippen molar-refractivity contribution < 1.29 is 22.6 Å². The molecule has 0 aliphatic carbocycles. The molecule has 10 nitrogen and oxygen atoms in total. The summed E-state index contributed by atoms with van der Waals surface area (Å²) in [6, 6.07) is 10.3. The van der Waals surface area contributed by atoms with Crippen molar-refractivity contribution in [3.63, 3.8) is 0 Å². The third-order valence-corrected chi connectivity index (χ3v) is 7.03. The van der Waals surface area contributed by atoms with Crippen molar-refractivity contribution in [2.24, 2.45) is 0 Å². The molecule has 0 spiro atoms. The van der Waals surface area contributed by atoms with Crippen molar-refractivity contribution in [2.45, 2.75) is 13.1 Å². The number of aromatic nitrogens is 3. The second-order valence-corrected chi connectivity index (χ2v) is 9.05. The summed E-state index contributed by atoms with van der Waals surface area (Å²) in [7, 11) is 0. The zero-order valence-corrected chi connectivity index (χ0v) is 19.5. The number of benzene rings is 2. The van der Waals surface area contributed by atoms with Crippen molar-refractivity contribution in [1.82, 2.24) is 15.1 Å². The van der Waals surface area contributed by atoms with Crippen LogP contribution < -0.4 is 15.4 Å². The van der Waals surface area contributed by atoms with E-state index in [0.717, 1.165) is 23.8 Å². The quantitative estimate of drug-likeness (QED) is 0.288. The summed E-state index contributed by atoms with van der Waals surface area (Å²) in [4.78, 5) is 35.5. The lowest BCUT2D eigenvalue weighted by atomic mass is 10.0. The van der Waals surface area contributed by atoms with Crippen molar-refractivity contribution in [3.8, 4) is 11.4 Å². The Morgan fingerprint density at radius 3 is 2.39 bits per heavy atom. The van der Waals surface area contributed by atoms with Gasteiger partial charge in [-0.05, 0) is 13.0 Å². The fourth-order valence-corrected chi connectivity index (χ4v) is 5.26. The molecule has 1 saturated heterocycles. The SMILES string of the molecule is Cc1c(C(F)(F)F)cc2c(=O)nc(N3CCN(c4nc(-c5ccccc5)no4)CC3)sc2c1[N+](=O)[O-]. The van der Waals surface area contributed by atoms with E-state index in [2.05, 4.69) is 15.1 Å². The molecule has 2 aromatic heterocycles. The van der Waals surface area contributed by atoms with Crippen LogP contribution in [0.3, 0.4) is 0 Å². The standard InChI is InChI=1S/C22H17F3N6O4S/c1-12-15(22(23,24)25)11-14-17(16(12)31(33)34)36-21(27-19(14)32)30-9-7-29(8-10-30)20-26-18(28-35-20)13-5-3-2-4-6-13/h2-6,11H,7-10H2,1H3. The molecule has 3 heterocycles. The smallest absolute Gasteiger partial charge is 0.344 e. The fraction of sp³-hybridized carbons (Fsp3) is 0.273. The van der Waals surface area contributed by atoms with Crippen LogP contribution in [-0.4, -0.2) is 46.2 Å². The van der Waals surface area contributed by atoms with Crippen molar-refractivity contribution in [3.05, 3.63) is 68.0 Å². The lowest BCUT2D eigenvalue weighted by Crippen LogP contribution is -2.47. The van der Waals surface area contributed by atoms with E-state index >= 15 is 0 Å². The largest absolute Gasteiger partial charge is 0.416 e. The Bertz CT molecular complexity index is 1510. The zero-order valence-electron chi connectivity index (χ0n) is 18.7. The van der Waals surface area contributed by atoms with Gasteiger partial charge in [-0.25, -0.2) is 0 Å². The van der Waals surface area contributed by atoms with Gasteiger partial charge >= 0.3 is 12.2 Å². The van der Waals surface area contributed by atoms with Gasteiger partial charge in [-0.1, -0.05) is 46.8 Å². The molecule has 0 unspecified atom stereocenters. The van der Waals surface area contributed by atoms with Crippen LogP contribution in [0, 0.1) is 17.0 Å². The van der Waals surface area contributed by atoms with Crippen LogP contribution >= 0.6 is 11.3 Å². The van der Waals surface area contributed by atoms with Gasteiger partial charge in [0.05, 0.1) is 15.9 Å². The maximum absolute atomic E-state index is 13.4. The molecule has 1 fully saturated rings. The second kappa shape index (κ2) is 8.86. The van der Waals surface area contributed by atoms with Crippen LogP contribution in [0.4, 0.5) is 30.0 Å². The van der Waals surface area contributed by atoms with Gasteiger partial charge in [0.15, 0.2) is 5.13 Å². The monoisotopic (exact) mass is 518 g/mol. The summed E-state index contributed by atoms with van der Waals surface area (Å²) in [6.45, 7) is 2.66. The number of anilines is 2. The van der Waals surface area contributed by atoms with E-state index in [1.54, 1.807) is 4.90 Å². The summed E-state index contributed by atoms with van der Waals surface area (Å²) in [5, 5.41) is 15.5. The van der Waals surface area contributed by atoms with Crippen LogP contribution in [0.25, 0.3) is 21.5 Å². The molecular weight excluding hydrogens is 501 g/mol. The average molecular weight is 518 g/mol. The Kier molecular flexibility index (Phi) is 5.82. The summed E-state index contributed by atoms with van der Waals surface area (Å²) in [5.74, 6) is 0.448. The van der Waals surface area contributed by atoms with Crippen molar-refractivity contribution in [2.75, 3.05) is 36.0 Å². The summed E-state index contributed by atoms with van der Waals surface area (Å²) in [6.07, 6.45) is -4.84. The van der Waals surface area contributed by atoms with E-state index in [1.165, 1.54) is 0 Å². The minimum atomic E-state index is -4.84. The Labute approximate surface area is 204 Å². The van der Waals surface area contributed by atoms with Gasteiger partial charge in [0.1, 0.15) is 4.70 Å². The first-order chi connectivity index (χ1) is 17.1. The molecule has 0 amide bonds. The number of halogens is 3. The number of alkyl halides is 3. The molecule has 0 saturated carbocycles. The van der Waals surface area contributed by atoms with E-state index in [9.17, 15) is 28.1 Å². The second-order valence-electron chi connectivity index (χ2n) is 8.07. The van der Waals surface area contributed by atoms with E-state index in [-0.39, 0.29) is 9.83 Å². The third-order valence-electron chi connectivity index (χ3n) is 5.88. The number of hydrogen-bond donors (Lipinski definition) is 0. The highest BCUT2D eigenvalue weighted by atomic mass is 32.1. The first kappa shape index (κ1) is 23.7. The van der Waals surface area contributed by atoms with Gasteiger partial charge in [0.25, 0.3) is 11.2 Å². The highest BCUT2D eigenvalue weighted by Gasteiger charge is 2.37. The van der Waals surface area contributed by atoms with Crippen LogP contribution in [0.15, 0.2) is 45.7 Å². The number of hydrogen-bond acceptors (Lipinski definition) is 10. The van der Waals surface area contributed by atoms with Crippen molar-refractivity contribution in [1.29, 1.82) is 0 Å². The van der Waals surface area contributed by atoms with E-state index in [0.29, 0.717) is 44.1 Å². The predicted molar refractivity (Wildman–Crippen MR) is 126 cm³/mol. The number of fused-ring (bicyclic) bond motifs is 1. The number of rotatable bonds is 4. The summed E-state index contributed by atoms with van der Waals surface area (Å²) in [5.41, 5.74) is -2.63. The molecule has 0 bridgehead atoms. The Balaban J connectivity index is 1.42. The molecule has 36 heavy (non-hydrogen) atoms. The lowest BCUT2D eigenvalue weighted by Gasteiger charge is -2.33. The highest BCUT2D eigenvalue weighted by Crippen LogP contribution is 2.41. The van der Waals surface area contributed by atoms with Crippen LogP contribution in [0.1, 0.15) is 11.1 Å². The normalized spacial score (nSPS) is 14.4. The molecule has 1 aliphatic heterocycles. The molecule has 14 heteroatoms. The molecule has 5 rings (SSSR count).